The van der Waals surface area contributed by atoms with E-state index in [1.165, 1.54) is 24.3 Å². The fourth-order valence-corrected chi connectivity index (χ4v) is 3.72. The molecule has 0 atom stereocenters. The Morgan fingerprint density at radius 3 is 2.29 bits per heavy atom. The summed E-state index contributed by atoms with van der Waals surface area (Å²) in [6, 6.07) is 14.1. The molecule has 2 aromatic carbocycles. The van der Waals surface area contributed by atoms with Crippen molar-refractivity contribution in [3.05, 3.63) is 83.8 Å². The number of aromatic amines is 1. The van der Waals surface area contributed by atoms with Crippen molar-refractivity contribution in [2.24, 2.45) is 5.41 Å². The number of rotatable bonds is 6. The van der Waals surface area contributed by atoms with Crippen LogP contribution in [0.5, 0.6) is 0 Å². The van der Waals surface area contributed by atoms with Crippen LogP contribution < -0.4 is 5.32 Å². The van der Waals surface area contributed by atoms with Crippen LogP contribution in [0.3, 0.4) is 0 Å². The predicted molar refractivity (Wildman–Crippen MR) is 127 cm³/mol. The lowest BCUT2D eigenvalue weighted by atomic mass is 9.96. The second-order valence-corrected chi connectivity index (χ2v) is 9.22. The van der Waals surface area contributed by atoms with Gasteiger partial charge >= 0.3 is 0 Å². The molecule has 1 aliphatic heterocycles. The van der Waals surface area contributed by atoms with Gasteiger partial charge in [-0.1, -0.05) is 26.0 Å². The topological polar surface area (TPSA) is 85.0 Å². The highest BCUT2D eigenvalue weighted by atomic mass is 19.1. The number of H-pyrrole nitrogens is 1. The highest BCUT2D eigenvalue weighted by Gasteiger charge is 2.32. The number of aromatic nitrogens is 4. The van der Waals surface area contributed by atoms with Crippen LogP contribution in [0.25, 0.3) is 22.6 Å². The maximum atomic E-state index is 13.6. The quantitative estimate of drug-likeness (QED) is 0.382. The highest BCUT2D eigenvalue weighted by molar-refractivity contribution is 5.77. The molecular formula is C26H25F2N5O2. The highest BCUT2D eigenvalue weighted by Crippen LogP contribution is 2.35. The van der Waals surface area contributed by atoms with Crippen molar-refractivity contribution in [3.63, 3.8) is 0 Å². The molecule has 0 aliphatic carbocycles. The van der Waals surface area contributed by atoms with Crippen LogP contribution in [0.2, 0.25) is 0 Å². The molecule has 0 saturated carbocycles. The second kappa shape index (κ2) is 9.52. The molecule has 1 fully saturated rings. The summed E-state index contributed by atoms with van der Waals surface area (Å²) in [7, 11) is 0. The summed E-state index contributed by atoms with van der Waals surface area (Å²) in [4.78, 5) is 17.0. The molecule has 180 valence electrons. The Hall–Kier alpha value is -3.69. The standard InChI is InChI=1S/C26H25F2N5O2/c1-26(2)14-34-24(35-15-26)23-32-21(17-5-9-19(28)10-6-17)22(33-23)20-11-12-29-25(31-20)30-13-16-3-7-18(27)8-4-16/h3-12,24H,13-15H2,1-2H3,(H,32,33)(H,29,30,31). The number of imidazole rings is 1. The van der Waals surface area contributed by atoms with Crippen molar-refractivity contribution >= 4 is 5.95 Å². The van der Waals surface area contributed by atoms with Gasteiger partial charge in [0.1, 0.15) is 11.6 Å². The third-order valence-corrected chi connectivity index (χ3v) is 5.59. The normalized spacial score (nSPS) is 15.8. The number of nitrogens with zero attached hydrogens (tertiary/aromatic N) is 3. The van der Waals surface area contributed by atoms with E-state index in [0.29, 0.717) is 48.6 Å². The van der Waals surface area contributed by atoms with Crippen molar-refractivity contribution in [2.45, 2.75) is 26.7 Å². The van der Waals surface area contributed by atoms with Gasteiger partial charge in [-0.2, -0.15) is 0 Å². The van der Waals surface area contributed by atoms with Gasteiger partial charge in [0.15, 0.2) is 5.82 Å². The fourth-order valence-electron chi connectivity index (χ4n) is 3.72. The Labute approximate surface area is 201 Å². The van der Waals surface area contributed by atoms with Gasteiger partial charge in [0.2, 0.25) is 12.2 Å². The average Bonchev–Trinajstić information content (AvgIpc) is 3.30. The molecule has 4 aromatic rings. The van der Waals surface area contributed by atoms with Crippen LogP contribution in [-0.4, -0.2) is 33.1 Å². The molecule has 0 radical (unpaired) electrons. The van der Waals surface area contributed by atoms with Gasteiger partial charge in [-0.05, 0) is 48.0 Å². The van der Waals surface area contributed by atoms with Gasteiger partial charge in [-0.3, -0.25) is 0 Å². The SMILES string of the molecule is CC1(C)COC(c2nc(-c3ccc(F)cc3)c(-c3ccnc(NCc4ccc(F)cc4)n3)[nH]2)OC1. The molecule has 7 nitrogen and oxygen atoms in total. The molecular weight excluding hydrogens is 452 g/mol. The minimum Gasteiger partial charge on any atom is -0.350 e. The number of benzene rings is 2. The molecule has 3 heterocycles. The zero-order valence-electron chi connectivity index (χ0n) is 19.4. The number of ether oxygens (including phenoxy) is 2. The van der Waals surface area contributed by atoms with E-state index >= 15 is 0 Å². The molecule has 1 saturated heterocycles. The van der Waals surface area contributed by atoms with Crippen LogP contribution in [0.1, 0.15) is 31.5 Å². The minimum atomic E-state index is -0.645. The third-order valence-electron chi connectivity index (χ3n) is 5.59. The van der Waals surface area contributed by atoms with Crippen molar-refractivity contribution in [2.75, 3.05) is 18.5 Å². The minimum absolute atomic E-state index is 0.0799. The maximum absolute atomic E-state index is 13.6. The molecule has 1 aliphatic rings. The zero-order chi connectivity index (χ0) is 24.4. The number of hydrogen-bond donors (Lipinski definition) is 2. The van der Waals surface area contributed by atoms with Gasteiger partial charge in [0, 0.05) is 23.7 Å². The molecule has 5 rings (SSSR count). The van der Waals surface area contributed by atoms with Crippen molar-refractivity contribution in [1.29, 1.82) is 0 Å². The molecule has 2 aromatic heterocycles. The summed E-state index contributed by atoms with van der Waals surface area (Å²) in [6.07, 6.45) is 0.995. The average molecular weight is 478 g/mol. The first-order valence-corrected chi connectivity index (χ1v) is 11.3. The van der Waals surface area contributed by atoms with Gasteiger partial charge in [0.25, 0.3) is 0 Å². The molecule has 0 amide bonds. The van der Waals surface area contributed by atoms with E-state index in [9.17, 15) is 8.78 Å². The molecule has 0 spiro atoms. The van der Waals surface area contributed by atoms with Gasteiger partial charge in [-0.15, -0.1) is 0 Å². The predicted octanol–water partition coefficient (Wildman–Crippen LogP) is 5.50. The van der Waals surface area contributed by atoms with E-state index in [1.54, 1.807) is 36.5 Å². The molecule has 9 heteroatoms. The van der Waals surface area contributed by atoms with Gasteiger partial charge in [0.05, 0.1) is 30.3 Å². The van der Waals surface area contributed by atoms with E-state index in [0.717, 1.165) is 11.1 Å². The Balaban J connectivity index is 1.45. The lowest BCUT2D eigenvalue weighted by Crippen LogP contribution is -2.34. The van der Waals surface area contributed by atoms with Crippen molar-refractivity contribution < 1.29 is 18.3 Å². The van der Waals surface area contributed by atoms with Crippen LogP contribution in [0.15, 0.2) is 60.8 Å². The van der Waals surface area contributed by atoms with Crippen LogP contribution in [0, 0.1) is 17.0 Å². The van der Waals surface area contributed by atoms with E-state index in [1.807, 2.05) is 0 Å². The van der Waals surface area contributed by atoms with Gasteiger partial charge < -0.3 is 19.8 Å². The third kappa shape index (κ3) is 5.36. The van der Waals surface area contributed by atoms with E-state index in [2.05, 4.69) is 34.1 Å². The number of nitrogens with one attached hydrogen (secondary N) is 2. The summed E-state index contributed by atoms with van der Waals surface area (Å²) in [5.41, 5.74) is 3.36. The van der Waals surface area contributed by atoms with Crippen molar-refractivity contribution in [1.82, 2.24) is 19.9 Å². The summed E-state index contributed by atoms with van der Waals surface area (Å²) in [5.74, 6) is 0.292. The van der Waals surface area contributed by atoms with Crippen LogP contribution in [-0.2, 0) is 16.0 Å². The number of hydrogen-bond acceptors (Lipinski definition) is 6. The lowest BCUT2D eigenvalue weighted by molar-refractivity contribution is -0.229. The fraction of sp³-hybridized carbons (Fsp3) is 0.269. The number of halogens is 2. The monoisotopic (exact) mass is 477 g/mol. The number of anilines is 1. The Kier molecular flexibility index (Phi) is 6.27. The molecule has 0 unspecified atom stereocenters. The van der Waals surface area contributed by atoms with E-state index < -0.39 is 6.29 Å². The van der Waals surface area contributed by atoms with E-state index in [-0.39, 0.29) is 17.0 Å². The lowest BCUT2D eigenvalue weighted by Gasteiger charge is -2.33. The van der Waals surface area contributed by atoms with Crippen molar-refractivity contribution in [3.8, 4) is 22.6 Å². The second-order valence-electron chi connectivity index (χ2n) is 9.22. The first kappa shape index (κ1) is 23.1. The summed E-state index contributed by atoms with van der Waals surface area (Å²) >= 11 is 0. The Bertz CT molecular complexity index is 1300. The molecule has 35 heavy (non-hydrogen) atoms. The first-order valence-electron chi connectivity index (χ1n) is 11.3. The Morgan fingerprint density at radius 2 is 1.60 bits per heavy atom. The maximum Gasteiger partial charge on any atom is 0.223 e. The summed E-state index contributed by atoms with van der Waals surface area (Å²) < 4.78 is 38.6. The Morgan fingerprint density at radius 1 is 0.943 bits per heavy atom. The first-order chi connectivity index (χ1) is 16.9. The van der Waals surface area contributed by atoms with E-state index in [4.69, 9.17) is 14.5 Å². The van der Waals surface area contributed by atoms with Crippen LogP contribution >= 0.6 is 0 Å². The largest absolute Gasteiger partial charge is 0.350 e. The smallest absolute Gasteiger partial charge is 0.223 e. The van der Waals surface area contributed by atoms with Crippen LogP contribution in [0.4, 0.5) is 14.7 Å². The summed E-state index contributed by atoms with van der Waals surface area (Å²) in [5, 5.41) is 3.16. The zero-order valence-corrected chi connectivity index (χ0v) is 19.4. The van der Waals surface area contributed by atoms with Gasteiger partial charge in [-0.25, -0.2) is 23.7 Å². The molecule has 2 N–H and O–H groups in total. The summed E-state index contributed by atoms with van der Waals surface area (Å²) in [6.45, 7) is 5.64. The molecule has 0 bridgehead atoms.